The Kier molecular flexibility index (Phi) is 2.85. The maximum absolute atomic E-state index is 5.87. The Morgan fingerprint density at radius 3 is 3.00 bits per heavy atom. The first-order chi connectivity index (χ1) is 6.74. The van der Waals surface area contributed by atoms with Crippen molar-refractivity contribution in [1.82, 2.24) is 4.90 Å². The summed E-state index contributed by atoms with van der Waals surface area (Å²) in [7, 11) is 0. The lowest BCUT2D eigenvalue weighted by Gasteiger charge is -2.15. The highest BCUT2D eigenvalue weighted by Gasteiger charge is 2.18. The van der Waals surface area contributed by atoms with E-state index in [0.29, 0.717) is 6.04 Å². The molecule has 76 valence electrons. The van der Waals surface area contributed by atoms with Gasteiger partial charge in [0.2, 0.25) is 0 Å². The fourth-order valence-electron chi connectivity index (χ4n) is 2.07. The van der Waals surface area contributed by atoms with Gasteiger partial charge in [0.05, 0.1) is 0 Å². The molecule has 1 aliphatic rings. The second-order valence-electron chi connectivity index (χ2n) is 4.27. The van der Waals surface area contributed by atoms with Crippen LogP contribution in [0.15, 0.2) is 24.3 Å². The Bertz CT molecular complexity index is 309. The minimum atomic E-state index is 0.389. The van der Waals surface area contributed by atoms with Crippen LogP contribution in [0, 0.1) is 6.92 Å². The van der Waals surface area contributed by atoms with E-state index >= 15 is 0 Å². The third kappa shape index (κ3) is 2.34. The van der Waals surface area contributed by atoms with Gasteiger partial charge in [0.15, 0.2) is 0 Å². The predicted molar refractivity (Wildman–Crippen MR) is 59.0 cm³/mol. The molecule has 2 rings (SSSR count). The first kappa shape index (κ1) is 9.69. The van der Waals surface area contributed by atoms with Gasteiger partial charge in [-0.15, -0.1) is 0 Å². The van der Waals surface area contributed by atoms with Crippen LogP contribution in [0.5, 0.6) is 0 Å². The molecule has 1 heterocycles. The zero-order valence-electron chi connectivity index (χ0n) is 8.74. The standard InChI is InChI=1S/C12H18N2/c1-10-3-2-4-11(7-10)8-14-6-5-12(13)9-14/h2-4,7,12H,5-6,8-9,13H2,1H3. The maximum Gasteiger partial charge on any atom is 0.0234 e. The van der Waals surface area contributed by atoms with Gasteiger partial charge < -0.3 is 5.73 Å². The zero-order valence-corrected chi connectivity index (χ0v) is 8.74. The van der Waals surface area contributed by atoms with Crippen molar-refractivity contribution in [3.05, 3.63) is 35.4 Å². The first-order valence-electron chi connectivity index (χ1n) is 5.27. The number of nitrogens with zero attached hydrogens (tertiary/aromatic N) is 1. The highest BCUT2D eigenvalue weighted by molar-refractivity contribution is 5.22. The molecule has 1 unspecified atom stereocenters. The normalized spacial score (nSPS) is 22.9. The lowest BCUT2D eigenvalue weighted by molar-refractivity contribution is 0.327. The average molecular weight is 190 g/mol. The van der Waals surface area contributed by atoms with Crippen molar-refractivity contribution in [3.63, 3.8) is 0 Å². The maximum atomic E-state index is 5.87. The smallest absolute Gasteiger partial charge is 0.0234 e. The predicted octanol–water partition coefficient (Wildman–Crippen LogP) is 1.53. The molecule has 0 bridgehead atoms. The van der Waals surface area contributed by atoms with Gasteiger partial charge in [0, 0.05) is 25.7 Å². The van der Waals surface area contributed by atoms with Crippen LogP contribution in [0.3, 0.4) is 0 Å². The van der Waals surface area contributed by atoms with Gasteiger partial charge in [0.1, 0.15) is 0 Å². The molecule has 1 fully saturated rings. The number of hydrogen-bond donors (Lipinski definition) is 1. The minimum absolute atomic E-state index is 0.389. The molecular weight excluding hydrogens is 172 g/mol. The molecule has 2 nitrogen and oxygen atoms in total. The SMILES string of the molecule is Cc1cccc(CN2CCC(N)C2)c1. The molecule has 1 aliphatic heterocycles. The van der Waals surface area contributed by atoms with Crippen LogP contribution in [0.1, 0.15) is 17.5 Å². The Morgan fingerprint density at radius 2 is 2.36 bits per heavy atom. The van der Waals surface area contributed by atoms with Crippen molar-refractivity contribution in [1.29, 1.82) is 0 Å². The zero-order chi connectivity index (χ0) is 9.97. The highest BCUT2D eigenvalue weighted by Crippen LogP contribution is 2.12. The third-order valence-electron chi connectivity index (χ3n) is 2.80. The van der Waals surface area contributed by atoms with Gasteiger partial charge in [-0.05, 0) is 18.9 Å². The van der Waals surface area contributed by atoms with Crippen molar-refractivity contribution in [2.45, 2.75) is 25.9 Å². The summed E-state index contributed by atoms with van der Waals surface area (Å²) in [6.07, 6.45) is 1.14. The molecule has 1 aromatic rings. The molecule has 1 aromatic carbocycles. The van der Waals surface area contributed by atoms with E-state index in [-0.39, 0.29) is 0 Å². The van der Waals surface area contributed by atoms with Gasteiger partial charge >= 0.3 is 0 Å². The molecule has 0 aromatic heterocycles. The Labute approximate surface area is 85.7 Å². The van der Waals surface area contributed by atoms with Crippen LogP contribution in [0.4, 0.5) is 0 Å². The fourth-order valence-corrected chi connectivity index (χ4v) is 2.07. The molecule has 0 spiro atoms. The molecule has 1 atom stereocenters. The summed E-state index contributed by atoms with van der Waals surface area (Å²) in [5.41, 5.74) is 8.61. The van der Waals surface area contributed by atoms with Gasteiger partial charge in [-0.3, -0.25) is 4.90 Å². The molecule has 2 N–H and O–H groups in total. The van der Waals surface area contributed by atoms with Crippen molar-refractivity contribution in [2.24, 2.45) is 5.73 Å². The number of aryl methyl sites for hydroxylation is 1. The quantitative estimate of drug-likeness (QED) is 0.766. The fraction of sp³-hybridized carbons (Fsp3) is 0.500. The summed E-state index contributed by atoms with van der Waals surface area (Å²) < 4.78 is 0. The average Bonchev–Trinajstić information content (AvgIpc) is 2.51. The van der Waals surface area contributed by atoms with E-state index in [1.165, 1.54) is 11.1 Å². The summed E-state index contributed by atoms with van der Waals surface area (Å²) in [5.74, 6) is 0. The summed E-state index contributed by atoms with van der Waals surface area (Å²) in [5, 5.41) is 0. The van der Waals surface area contributed by atoms with E-state index in [1.54, 1.807) is 0 Å². The number of benzene rings is 1. The van der Waals surface area contributed by atoms with Crippen LogP contribution >= 0.6 is 0 Å². The van der Waals surface area contributed by atoms with E-state index in [0.717, 1.165) is 26.1 Å². The molecule has 0 amide bonds. The lowest BCUT2D eigenvalue weighted by Crippen LogP contribution is -2.26. The monoisotopic (exact) mass is 190 g/mol. The van der Waals surface area contributed by atoms with Gasteiger partial charge in [-0.25, -0.2) is 0 Å². The molecule has 14 heavy (non-hydrogen) atoms. The molecule has 2 heteroatoms. The summed E-state index contributed by atoms with van der Waals surface area (Å²) in [6.45, 7) is 5.39. The first-order valence-corrected chi connectivity index (χ1v) is 5.27. The van der Waals surface area contributed by atoms with Crippen molar-refractivity contribution in [3.8, 4) is 0 Å². The molecular formula is C12H18N2. The summed E-state index contributed by atoms with van der Waals surface area (Å²) in [6, 6.07) is 9.10. The molecule has 0 radical (unpaired) electrons. The Balaban J connectivity index is 1.97. The van der Waals surface area contributed by atoms with Crippen LogP contribution in [0.2, 0.25) is 0 Å². The summed E-state index contributed by atoms with van der Waals surface area (Å²) in [4.78, 5) is 2.43. The minimum Gasteiger partial charge on any atom is -0.326 e. The van der Waals surface area contributed by atoms with Gasteiger partial charge in [0.25, 0.3) is 0 Å². The Morgan fingerprint density at radius 1 is 1.50 bits per heavy atom. The van der Waals surface area contributed by atoms with E-state index in [1.807, 2.05) is 0 Å². The van der Waals surface area contributed by atoms with E-state index in [4.69, 9.17) is 5.73 Å². The Hall–Kier alpha value is -0.860. The topological polar surface area (TPSA) is 29.3 Å². The van der Waals surface area contributed by atoms with Crippen LogP contribution in [-0.4, -0.2) is 24.0 Å². The van der Waals surface area contributed by atoms with Crippen molar-refractivity contribution in [2.75, 3.05) is 13.1 Å². The van der Waals surface area contributed by atoms with E-state index < -0.39 is 0 Å². The van der Waals surface area contributed by atoms with Gasteiger partial charge in [-0.1, -0.05) is 29.8 Å². The lowest BCUT2D eigenvalue weighted by atomic mass is 10.1. The number of nitrogens with two attached hydrogens (primary N) is 1. The van der Waals surface area contributed by atoms with Crippen LogP contribution in [-0.2, 0) is 6.54 Å². The molecule has 0 aliphatic carbocycles. The second-order valence-corrected chi connectivity index (χ2v) is 4.27. The second kappa shape index (κ2) is 4.11. The summed E-state index contributed by atoms with van der Waals surface area (Å²) >= 11 is 0. The van der Waals surface area contributed by atoms with Crippen molar-refractivity contribution >= 4 is 0 Å². The largest absolute Gasteiger partial charge is 0.326 e. The van der Waals surface area contributed by atoms with Crippen molar-refractivity contribution < 1.29 is 0 Å². The molecule has 1 saturated heterocycles. The van der Waals surface area contributed by atoms with Crippen LogP contribution in [0.25, 0.3) is 0 Å². The highest BCUT2D eigenvalue weighted by atomic mass is 15.2. The third-order valence-corrected chi connectivity index (χ3v) is 2.80. The van der Waals surface area contributed by atoms with Crippen LogP contribution < -0.4 is 5.73 Å². The number of hydrogen-bond acceptors (Lipinski definition) is 2. The molecule has 0 saturated carbocycles. The number of likely N-dealkylation sites (tertiary alicyclic amines) is 1. The van der Waals surface area contributed by atoms with Gasteiger partial charge in [-0.2, -0.15) is 0 Å². The number of rotatable bonds is 2. The van der Waals surface area contributed by atoms with E-state index in [9.17, 15) is 0 Å². The van der Waals surface area contributed by atoms with E-state index in [2.05, 4.69) is 36.1 Å².